The van der Waals surface area contributed by atoms with Crippen molar-refractivity contribution in [2.45, 2.75) is 0 Å². The summed E-state index contributed by atoms with van der Waals surface area (Å²) in [6.45, 7) is 3.83. The van der Waals surface area contributed by atoms with Crippen LogP contribution in [0.3, 0.4) is 0 Å². The lowest BCUT2D eigenvalue weighted by molar-refractivity contribution is 0.00231. The third-order valence-electron chi connectivity index (χ3n) is 1.68. The Balaban J connectivity index is 2.99. The predicted molar refractivity (Wildman–Crippen MR) is 56.1 cm³/mol. The zero-order valence-corrected chi connectivity index (χ0v) is 8.09. The van der Waals surface area contributed by atoms with Crippen LogP contribution in [0.5, 0.6) is 5.75 Å². The zero-order chi connectivity index (χ0) is 11.1. The number of para-hydroxylation sites is 1. The van der Waals surface area contributed by atoms with Gasteiger partial charge in [0.2, 0.25) is 0 Å². The summed E-state index contributed by atoms with van der Waals surface area (Å²) < 4.78 is 5.27. The fraction of sp³-hybridized carbons (Fsp3) is 0.0909. The third-order valence-corrected chi connectivity index (χ3v) is 1.68. The maximum Gasteiger partial charge on any atom is 0.328 e. The number of ether oxygens (including phenoxy) is 1. The smallest absolute Gasteiger partial charge is 0.328 e. The molecule has 0 aromatic heterocycles. The molecule has 0 N–H and O–H groups in total. The van der Waals surface area contributed by atoms with E-state index in [1.165, 1.54) is 0 Å². The highest BCUT2D eigenvalue weighted by Gasteiger charge is 2.12. The van der Waals surface area contributed by atoms with Gasteiger partial charge in [-0.2, -0.15) is 4.79 Å². The van der Waals surface area contributed by atoms with Gasteiger partial charge in [0.1, 0.15) is 12.4 Å². The minimum absolute atomic E-state index is 0.320. The first-order valence-electron chi connectivity index (χ1n) is 4.34. The van der Waals surface area contributed by atoms with E-state index in [-0.39, 0.29) is 0 Å². The SMILES string of the molecule is C=CCOc1ccccc1C(=O)C=[N+]=[N-]. The van der Waals surface area contributed by atoms with Crippen LogP contribution < -0.4 is 4.74 Å². The normalized spacial score (nSPS) is 8.80. The summed E-state index contributed by atoms with van der Waals surface area (Å²) in [6, 6.07) is 6.73. The number of Topliss-reactive ketones (excluding diaryl/α,β-unsaturated/α-hetero) is 1. The molecule has 0 heterocycles. The number of carbonyl (C=O) groups excluding carboxylic acids is 1. The summed E-state index contributed by atoms with van der Waals surface area (Å²) in [5.41, 5.74) is 8.62. The van der Waals surface area contributed by atoms with Gasteiger partial charge in [0.05, 0.1) is 5.56 Å². The number of carbonyl (C=O) groups is 1. The number of ketones is 1. The van der Waals surface area contributed by atoms with E-state index in [4.69, 9.17) is 10.3 Å². The molecule has 4 nitrogen and oxygen atoms in total. The summed E-state index contributed by atoms with van der Waals surface area (Å²) >= 11 is 0. The van der Waals surface area contributed by atoms with Crippen LogP contribution in [-0.4, -0.2) is 23.4 Å². The summed E-state index contributed by atoms with van der Waals surface area (Å²) in [7, 11) is 0. The first-order chi connectivity index (χ1) is 7.29. The van der Waals surface area contributed by atoms with Crippen molar-refractivity contribution in [2.75, 3.05) is 6.61 Å². The van der Waals surface area contributed by atoms with E-state index in [1.54, 1.807) is 30.3 Å². The summed E-state index contributed by atoms with van der Waals surface area (Å²) in [4.78, 5) is 14.1. The Labute approximate surface area is 87.4 Å². The van der Waals surface area contributed by atoms with E-state index < -0.39 is 5.78 Å². The van der Waals surface area contributed by atoms with Crippen LogP contribution in [0.1, 0.15) is 10.4 Å². The molecule has 0 bridgehead atoms. The molecule has 0 unspecified atom stereocenters. The van der Waals surface area contributed by atoms with Gasteiger partial charge in [-0.25, -0.2) is 0 Å². The van der Waals surface area contributed by atoms with Crippen LogP contribution >= 0.6 is 0 Å². The van der Waals surface area contributed by atoms with E-state index in [0.29, 0.717) is 17.9 Å². The van der Waals surface area contributed by atoms with E-state index in [9.17, 15) is 4.79 Å². The molecule has 4 heteroatoms. The van der Waals surface area contributed by atoms with Crippen molar-refractivity contribution in [3.63, 3.8) is 0 Å². The molecule has 1 aromatic carbocycles. The molecular formula is C11H10N2O2. The van der Waals surface area contributed by atoms with Crippen LogP contribution in [0, 0.1) is 0 Å². The van der Waals surface area contributed by atoms with Crippen molar-refractivity contribution in [2.24, 2.45) is 0 Å². The second kappa shape index (κ2) is 5.52. The monoisotopic (exact) mass is 202 g/mol. The van der Waals surface area contributed by atoms with Crippen molar-refractivity contribution in [3.05, 3.63) is 48.0 Å². The largest absolute Gasteiger partial charge is 0.489 e. The van der Waals surface area contributed by atoms with Gasteiger partial charge in [-0.1, -0.05) is 24.8 Å². The van der Waals surface area contributed by atoms with Crippen molar-refractivity contribution in [1.29, 1.82) is 0 Å². The fourth-order valence-electron chi connectivity index (χ4n) is 1.07. The third kappa shape index (κ3) is 2.90. The van der Waals surface area contributed by atoms with Crippen molar-refractivity contribution in [3.8, 4) is 5.75 Å². The second-order valence-electron chi connectivity index (χ2n) is 2.70. The highest BCUT2D eigenvalue weighted by Crippen LogP contribution is 2.17. The van der Waals surface area contributed by atoms with Crippen LogP contribution in [0.4, 0.5) is 0 Å². The van der Waals surface area contributed by atoms with Gasteiger partial charge in [-0.05, 0) is 12.1 Å². The Morgan fingerprint density at radius 1 is 1.53 bits per heavy atom. The van der Waals surface area contributed by atoms with Gasteiger partial charge in [-0.3, -0.25) is 4.79 Å². The number of hydrogen-bond donors (Lipinski definition) is 0. The maximum atomic E-state index is 11.4. The second-order valence-corrected chi connectivity index (χ2v) is 2.70. The van der Waals surface area contributed by atoms with Gasteiger partial charge in [0.25, 0.3) is 5.78 Å². The van der Waals surface area contributed by atoms with Crippen LogP contribution in [0.2, 0.25) is 0 Å². The van der Waals surface area contributed by atoms with Gasteiger partial charge < -0.3 is 10.3 Å². The molecule has 0 aliphatic rings. The zero-order valence-electron chi connectivity index (χ0n) is 8.09. The molecule has 0 saturated heterocycles. The molecule has 0 amide bonds. The lowest BCUT2D eigenvalue weighted by Gasteiger charge is -2.05. The quantitative estimate of drug-likeness (QED) is 0.240. The molecule has 0 saturated carbocycles. The topological polar surface area (TPSA) is 62.7 Å². The maximum absolute atomic E-state index is 11.4. The highest BCUT2D eigenvalue weighted by molar-refractivity contribution is 6.34. The molecule has 0 atom stereocenters. The molecule has 0 spiro atoms. The number of nitrogens with zero attached hydrogens (tertiary/aromatic N) is 2. The molecule has 0 radical (unpaired) electrons. The van der Waals surface area contributed by atoms with Gasteiger partial charge in [-0.15, -0.1) is 0 Å². The predicted octanol–water partition coefficient (Wildman–Crippen LogP) is 1.73. The fourth-order valence-corrected chi connectivity index (χ4v) is 1.07. The van der Waals surface area contributed by atoms with E-state index in [2.05, 4.69) is 11.4 Å². The van der Waals surface area contributed by atoms with E-state index in [1.807, 2.05) is 0 Å². The molecule has 0 aliphatic heterocycles. The van der Waals surface area contributed by atoms with Gasteiger partial charge >= 0.3 is 6.21 Å². The molecular weight excluding hydrogens is 192 g/mol. The molecule has 1 aromatic rings. The summed E-state index contributed by atoms with van der Waals surface area (Å²) in [6.07, 6.45) is 2.41. The minimum Gasteiger partial charge on any atom is -0.489 e. The van der Waals surface area contributed by atoms with Gasteiger partial charge in [0.15, 0.2) is 0 Å². The Morgan fingerprint density at radius 2 is 2.27 bits per heavy atom. The number of benzene rings is 1. The Kier molecular flexibility index (Phi) is 4.01. The average molecular weight is 202 g/mol. The number of rotatable bonds is 5. The van der Waals surface area contributed by atoms with Crippen molar-refractivity contribution >= 4 is 12.0 Å². The van der Waals surface area contributed by atoms with E-state index in [0.717, 1.165) is 6.21 Å². The lowest BCUT2D eigenvalue weighted by atomic mass is 10.1. The summed E-state index contributed by atoms with van der Waals surface area (Å²) in [5.74, 6) is 0.0412. The summed E-state index contributed by atoms with van der Waals surface area (Å²) in [5, 5.41) is 0. The molecule has 15 heavy (non-hydrogen) atoms. The average Bonchev–Trinajstić information content (AvgIpc) is 2.27. The Morgan fingerprint density at radius 3 is 2.93 bits per heavy atom. The molecule has 1 rings (SSSR count). The van der Waals surface area contributed by atoms with Gasteiger partial charge in [0, 0.05) is 0 Å². The van der Waals surface area contributed by atoms with E-state index >= 15 is 0 Å². The molecule has 0 aliphatic carbocycles. The standard InChI is InChI=1S/C11H10N2O2/c1-2-7-15-11-6-4-3-5-9(11)10(14)8-13-12/h2-6,8H,1,7H2. The Bertz CT molecular complexity index is 420. The molecule has 76 valence electrons. The first-order valence-corrected chi connectivity index (χ1v) is 4.34. The van der Waals surface area contributed by atoms with Crippen LogP contribution in [0.25, 0.3) is 5.53 Å². The lowest BCUT2D eigenvalue weighted by Crippen LogP contribution is -2.05. The van der Waals surface area contributed by atoms with Crippen LogP contribution in [0.15, 0.2) is 36.9 Å². The van der Waals surface area contributed by atoms with Crippen molar-refractivity contribution in [1.82, 2.24) is 0 Å². The highest BCUT2D eigenvalue weighted by atomic mass is 16.5. The Hall–Kier alpha value is -2.19. The first kappa shape index (κ1) is 10.9. The van der Waals surface area contributed by atoms with Crippen molar-refractivity contribution < 1.29 is 14.3 Å². The van der Waals surface area contributed by atoms with Crippen LogP contribution in [-0.2, 0) is 0 Å². The molecule has 0 fully saturated rings. The number of hydrogen-bond acceptors (Lipinski definition) is 2. The minimum atomic E-state index is -0.405.